The van der Waals surface area contributed by atoms with Gasteiger partial charge in [0.05, 0.1) is 23.8 Å². The SMILES string of the molecule is COc1cc(Cl)c(CO)c(Cl)c1O. The number of phenolic OH excluding ortho intramolecular Hbond substituents is 1. The molecule has 1 rings (SSSR count). The highest BCUT2D eigenvalue weighted by Gasteiger charge is 2.14. The molecule has 0 aliphatic carbocycles. The molecule has 0 aliphatic heterocycles. The van der Waals surface area contributed by atoms with Crippen LogP contribution in [-0.4, -0.2) is 17.3 Å². The van der Waals surface area contributed by atoms with Gasteiger partial charge in [0.1, 0.15) is 0 Å². The minimum absolute atomic E-state index is 0.0202. The van der Waals surface area contributed by atoms with E-state index in [-0.39, 0.29) is 28.2 Å². The molecule has 1 aromatic rings. The van der Waals surface area contributed by atoms with E-state index in [1.165, 1.54) is 13.2 Å². The molecule has 0 amide bonds. The molecule has 0 aromatic heterocycles. The Balaban J connectivity index is 3.37. The molecular formula is C8H8Cl2O3. The van der Waals surface area contributed by atoms with Crippen molar-refractivity contribution in [3.05, 3.63) is 21.7 Å². The van der Waals surface area contributed by atoms with Gasteiger partial charge in [0.25, 0.3) is 0 Å². The van der Waals surface area contributed by atoms with Gasteiger partial charge in [-0.15, -0.1) is 0 Å². The van der Waals surface area contributed by atoms with Crippen molar-refractivity contribution in [2.45, 2.75) is 6.61 Å². The van der Waals surface area contributed by atoms with Gasteiger partial charge in [0.2, 0.25) is 0 Å². The topological polar surface area (TPSA) is 49.7 Å². The number of hydrogen-bond donors (Lipinski definition) is 2. The van der Waals surface area contributed by atoms with E-state index in [1.54, 1.807) is 0 Å². The summed E-state index contributed by atoms with van der Waals surface area (Å²) in [6.07, 6.45) is 0. The Morgan fingerprint density at radius 2 is 2.08 bits per heavy atom. The highest BCUT2D eigenvalue weighted by atomic mass is 35.5. The molecule has 0 fully saturated rings. The van der Waals surface area contributed by atoms with Crippen molar-refractivity contribution in [2.24, 2.45) is 0 Å². The van der Waals surface area contributed by atoms with Crippen LogP contribution in [0.25, 0.3) is 0 Å². The molecule has 0 saturated heterocycles. The van der Waals surface area contributed by atoms with Crippen molar-refractivity contribution >= 4 is 23.2 Å². The Bertz CT molecular complexity index is 326. The molecule has 0 bridgehead atoms. The lowest BCUT2D eigenvalue weighted by Crippen LogP contribution is -1.91. The van der Waals surface area contributed by atoms with E-state index in [2.05, 4.69) is 0 Å². The molecule has 5 heteroatoms. The number of methoxy groups -OCH3 is 1. The first-order chi connectivity index (χ1) is 6.11. The van der Waals surface area contributed by atoms with Crippen LogP contribution in [0.2, 0.25) is 10.0 Å². The smallest absolute Gasteiger partial charge is 0.177 e. The lowest BCUT2D eigenvalue weighted by atomic mass is 10.2. The van der Waals surface area contributed by atoms with Gasteiger partial charge in [0, 0.05) is 11.6 Å². The summed E-state index contributed by atoms with van der Waals surface area (Å²) in [6.45, 7) is -0.324. The van der Waals surface area contributed by atoms with Gasteiger partial charge in [-0.2, -0.15) is 0 Å². The Kier molecular flexibility index (Phi) is 3.25. The third-order valence-corrected chi connectivity index (χ3v) is 2.37. The second-order valence-electron chi connectivity index (χ2n) is 2.36. The van der Waals surface area contributed by atoms with Gasteiger partial charge in [-0.05, 0) is 0 Å². The Labute approximate surface area is 85.5 Å². The molecule has 13 heavy (non-hydrogen) atoms. The van der Waals surface area contributed by atoms with Crippen LogP contribution in [0.1, 0.15) is 5.56 Å². The zero-order valence-corrected chi connectivity index (χ0v) is 8.35. The molecule has 0 atom stereocenters. The zero-order valence-electron chi connectivity index (χ0n) is 6.84. The van der Waals surface area contributed by atoms with Gasteiger partial charge in [0.15, 0.2) is 11.5 Å². The van der Waals surface area contributed by atoms with Crippen molar-refractivity contribution in [1.29, 1.82) is 0 Å². The summed E-state index contributed by atoms with van der Waals surface area (Å²) >= 11 is 11.5. The van der Waals surface area contributed by atoms with Crippen LogP contribution in [0.15, 0.2) is 6.07 Å². The fourth-order valence-electron chi connectivity index (χ4n) is 0.927. The maximum Gasteiger partial charge on any atom is 0.177 e. The molecular weight excluding hydrogens is 215 g/mol. The van der Waals surface area contributed by atoms with Crippen LogP contribution in [0.3, 0.4) is 0 Å². The van der Waals surface area contributed by atoms with Crippen LogP contribution in [-0.2, 0) is 6.61 Å². The van der Waals surface area contributed by atoms with Gasteiger partial charge >= 0.3 is 0 Å². The third-order valence-electron chi connectivity index (χ3n) is 1.63. The summed E-state index contributed by atoms with van der Waals surface area (Å²) in [5.74, 6) is -0.0233. The molecule has 0 radical (unpaired) electrons. The first-order valence-electron chi connectivity index (χ1n) is 3.46. The first-order valence-corrected chi connectivity index (χ1v) is 4.22. The minimum Gasteiger partial charge on any atom is -0.503 e. The van der Waals surface area contributed by atoms with E-state index in [0.29, 0.717) is 5.56 Å². The number of phenols is 1. The molecule has 0 heterocycles. The van der Waals surface area contributed by atoms with Crippen molar-refractivity contribution < 1.29 is 14.9 Å². The summed E-state index contributed by atoms with van der Waals surface area (Å²) in [5, 5.41) is 18.6. The lowest BCUT2D eigenvalue weighted by molar-refractivity contribution is 0.280. The molecule has 0 saturated carbocycles. The van der Waals surface area contributed by atoms with Crippen LogP contribution < -0.4 is 4.74 Å². The largest absolute Gasteiger partial charge is 0.503 e. The number of ether oxygens (including phenoxy) is 1. The maximum atomic E-state index is 9.41. The Morgan fingerprint density at radius 1 is 1.46 bits per heavy atom. The highest BCUT2D eigenvalue weighted by Crippen LogP contribution is 2.40. The summed E-state index contributed by atoms with van der Waals surface area (Å²) in [5.41, 5.74) is 0.293. The summed E-state index contributed by atoms with van der Waals surface area (Å²) in [4.78, 5) is 0. The van der Waals surface area contributed by atoms with Crippen LogP contribution in [0.5, 0.6) is 11.5 Å². The summed E-state index contributed by atoms with van der Waals surface area (Å²) in [6, 6.07) is 1.40. The maximum absolute atomic E-state index is 9.41. The average molecular weight is 223 g/mol. The van der Waals surface area contributed by atoms with Gasteiger partial charge in [-0.25, -0.2) is 0 Å². The first kappa shape index (κ1) is 10.4. The van der Waals surface area contributed by atoms with Crippen molar-refractivity contribution in [3.63, 3.8) is 0 Å². The second kappa shape index (κ2) is 4.05. The van der Waals surface area contributed by atoms with Crippen LogP contribution in [0.4, 0.5) is 0 Å². The molecule has 3 nitrogen and oxygen atoms in total. The number of aromatic hydroxyl groups is 1. The quantitative estimate of drug-likeness (QED) is 0.807. The fourth-order valence-corrected chi connectivity index (χ4v) is 1.48. The van der Waals surface area contributed by atoms with Crippen molar-refractivity contribution in [1.82, 2.24) is 0 Å². The number of halogens is 2. The van der Waals surface area contributed by atoms with Gasteiger partial charge in [-0.3, -0.25) is 0 Å². The molecule has 1 aromatic carbocycles. The Morgan fingerprint density at radius 3 is 2.54 bits per heavy atom. The van der Waals surface area contributed by atoms with Crippen LogP contribution in [0, 0.1) is 0 Å². The number of hydrogen-bond acceptors (Lipinski definition) is 3. The zero-order chi connectivity index (χ0) is 10.0. The predicted octanol–water partition coefficient (Wildman–Crippen LogP) is 2.20. The standard InChI is InChI=1S/C8H8Cl2O3/c1-13-6-2-5(9)4(3-11)7(10)8(6)12/h2,11-12H,3H2,1H3. The van der Waals surface area contributed by atoms with Crippen molar-refractivity contribution in [2.75, 3.05) is 7.11 Å². The predicted molar refractivity (Wildman–Crippen MR) is 50.6 cm³/mol. The average Bonchev–Trinajstić information content (AvgIpc) is 2.12. The number of aliphatic hydroxyl groups excluding tert-OH is 1. The van der Waals surface area contributed by atoms with E-state index in [1.807, 2.05) is 0 Å². The van der Waals surface area contributed by atoms with E-state index in [4.69, 9.17) is 33.0 Å². The monoisotopic (exact) mass is 222 g/mol. The van der Waals surface area contributed by atoms with E-state index >= 15 is 0 Å². The van der Waals surface area contributed by atoms with Crippen molar-refractivity contribution in [3.8, 4) is 11.5 Å². The second-order valence-corrected chi connectivity index (χ2v) is 3.15. The van der Waals surface area contributed by atoms with E-state index in [9.17, 15) is 5.11 Å². The Hall–Kier alpha value is -0.640. The van der Waals surface area contributed by atoms with Gasteiger partial charge < -0.3 is 14.9 Å². The van der Waals surface area contributed by atoms with Crippen LogP contribution >= 0.6 is 23.2 Å². The molecule has 72 valence electrons. The minimum atomic E-state index is -0.324. The fraction of sp³-hybridized carbons (Fsp3) is 0.250. The highest BCUT2D eigenvalue weighted by molar-refractivity contribution is 6.37. The number of aliphatic hydroxyl groups is 1. The lowest BCUT2D eigenvalue weighted by Gasteiger charge is -2.09. The number of benzene rings is 1. The summed E-state index contributed by atoms with van der Waals surface area (Å²) < 4.78 is 4.81. The summed E-state index contributed by atoms with van der Waals surface area (Å²) in [7, 11) is 1.39. The molecule has 0 unspecified atom stereocenters. The third kappa shape index (κ3) is 1.82. The molecule has 0 spiro atoms. The normalized spacial score (nSPS) is 10.2. The van der Waals surface area contributed by atoms with Gasteiger partial charge in [-0.1, -0.05) is 23.2 Å². The van der Waals surface area contributed by atoms with E-state index < -0.39 is 0 Å². The molecule has 2 N–H and O–H groups in total. The number of rotatable bonds is 2. The molecule has 0 aliphatic rings. The van der Waals surface area contributed by atoms with E-state index in [0.717, 1.165) is 0 Å².